The predicted molar refractivity (Wildman–Crippen MR) is 339 cm³/mol. The Morgan fingerprint density at radius 2 is 0.671 bits per heavy atom. The molecule has 1 unspecified atom stereocenters. The maximum Gasteiger partial charge on any atom is 0.212 e. The van der Waals surface area contributed by atoms with Gasteiger partial charge >= 0.3 is 0 Å². The number of hydrogen-bond donors (Lipinski definition) is 0. The molecule has 0 aliphatic heterocycles. The van der Waals surface area contributed by atoms with Gasteiger partial charge in [-0.1, -0.05) is 111 Å². The van der Waals surface area contributed by atoms with Crippen LogP contribution < -0.4 is 18.3 Å². The van der Waals surface area contributed by atoms with E-state index in [1.807, 2.05) is 0 Å². The average Bonchev–Trinajstić information content (AvgIpc) is 3.38. The fourth-order valence-corrected chi connectivity index (χ4v) is 10.5. The van der Waals surface area contributed by atoms with E-state index in [-0.39, 0.29) is 5.41 Å². The quantitative estimate of drug-likeness (QED) is 0.128. The van der Waals surface area contributed by atoms with Crippen molar-refractivity contribution in [1.29, 1.82) is 0 Å². The first kappa shape index (κ1) is 63.3. The zero-order chi connectivity index (χ0) is 59.0. The van der Waals surface area contributed by atoms with Gasteiger partial charge in [0.05, 0.1) is 0 Å². The molecule has 8 rings (SSSR count). The highest BCUT2D eigenvalue weighted by atomic mass is 14.9. The Labute approximate surface area is 481 Å². The molecule has 4 nitrogen and oxygen atoms in total. The van der Waals surface area contributed by atoms with Crippen LogP contribution >= 0.6 is 0 Å². The fraction of sp³-hybridized carbons (Fsp3) is 0.413. The summed E-state index contributed by atoms with van der Waals surface area (Å²) in [5.74, 6) is 1.93. The van der Waals surface area contributed by atoms with E-state index in [0.29, 0.717) is 17.8 Å². The second-order valence-electron chi connectivity index (χ2n) is 25.2. The van der Waals surface area contributed by atoms with Crippen molar-refractivity contribution < 1.29 is 18.3 Å². The van der Waals surface area contributed by atoms with Gasteiger partial charge in [-0.15, -0.1) is 0 Å². The third-order valence-electron chi connectivity index (χ3n) is 16.5. The van der Waals surface area contributed by atoms with Crippen LogP contribution in [0, 0.1) is 89.0 Å². The van der Waals surface area contributed by atoms with Crippen LogP contribution in [-0.2, 0) is 40.0 Å². The van der Waals surface area contributed by atoms with E-state index < -0.39 is 0 Å². The highest BCUT2D eigenvalue weighted by Crippen LogP contribution is 2.31. The minimum atomic E-state index is 0.203. The molecular formula is C75H102N4+4. The van der Waals surface area contributed by atoms with E-state index in [1.165, 1.54) is 140 Å². The van der Waals surface area contributed by atoms with Gasteiger partial charge in [-0.25, -0.2) is 18.3 Å². The molecule has 79 heavy (non-hydrogen) atoms. The van der Waals surface area contributed by atoms with E-state index in [2.05, 4.69) is 314 Å². The molecule has 1 atom stereocenters. The zero-order valence-corrected chi connectivity index (χ0v) is 54.0. The van der Waals surface area contributed by atoms with Crippen molar-refractivity contribution in [3.8, 4) is 45.0 Å². The molecule has 0 saturated carbocycles. The van der Waals surface area contributed by atoms with Crippen molar-refractivity contribution in [2.75, 3.05) is 0 Å². The van der Waals surface area contributed by atoms with Crippen molar-refractivity contribution in [1.82, 2.24) is 0 Å². The van der Waals surface area contributed by atoms with E-state index in [0.717, 1.165) is 6.42 Å². The van der Waals surface area contributed by atoms with Gasteiger partial charge in [0, 0.05) is 68.8 Å². The summed E-state index contributed by atoms with van der Waals surface area (Å²) < 4.78 is 8.90. The third kappa shape index (κ3) is 16.3. The molecule has 0 radical (unpaired) electrons. The van der Waals surface area contributed by atoms with Gasteiger partial charge in [-0.2, -0.15) is 0 Å². The minimum absolute atomic E-state index is 0.203. The SMILES string of the molecule is CCC(C)c1ccc(-c2cc(C)c(C)c[n+]2C)c(C)c1.Cc1cc(-c2ccc(C(C)(C)C)cc2C)[n+](C)cc1C.Cc1cc(-c2ccc(C(C)C)cc2C)[n+](C)cc1C.Cc1cc(-c2ccc(CC(C)C)cc2C)[n+](C)cc1C. The molecule has 0 saturated heterocycles. The topological polar surface area (TPSA) is 15.5 Å². The minimum Gasteiger partial charge on any atom is -0.201 e. The number of rotatable bonds is 9. The van der Waals surface area contributed by atoms with Gasteiger partial charge in [-0.3, -0.25) is 0 Å². The molecule has 0 spiro atoms. The molecule has 0 fully saturated rings. The van der Waals surface area contributed by atoms with Crippen LogP contribution in [0.3, 0.4) is 0 Å². The number of nitrogens with zero attached hydrogens (tertiary/aromatic N) is 4. The fourth-order valence-electron chi connectivity index (χ4n) is 10.5. The van der Waals surface area contributed by atoms with Crippen LogP contribution in [-0.4, -0.2) is 0 Å². The van der Waals surface area contributed by atoms with Crippen molar-refractivity contribution in [3.63, 3.8) is 0 Å². The van der Waals surface area contributed by atoms with E-state index in [1.54, 1.807) is 0 Å². The Morgan fingerprint density at radius 3 is 0.975 bits per heavy atom. The molecule has 4 heterocycles. The molecule has 0 aliphatic carbocycles. The first-order valence-corrected chi connectivity index (χ1v) is 29.2. The summed E-state index contributed by atoms with van der Waals surface area (Å²) in [7, 11) is 8.50. The Kier molecular flexibility index (Phi) is 21.7. The highest BCUT2D eigenvalue weighted by Gasteiger charge is 2.21. The van der Waals surface area contributed by atoms with Gasteiger partial charge in [0.15, 0.2) is 24.8 Å². The number of pyridine rings is 4. The highest BCUT2D eigenvalue weighted by molar-refractivity contribution is 5.65. The van der Waals surface area contributed by atoms with Gasteiger partial charge in [-0.05, 0) is 210 Å². The molecule has 418 valence electrons. The summed E-state index contributed by atoms with van der Waals surface area (Å²) in [4.78, 5) is 0. The van der Waals surface area contributed by atoms with Gasteiger partial charge in [0.25, 0.3) is 0 Å². The number of benzene rings is 4. The first-order valence-electron chi connectivity index (χ1n) is 29.2. The van der Waals surface area contributed by atoms with Gasteiger partial charge < -0.3 is 0 Å². The van der Waals surface area contributed by atoms with Crippen LogP contribution in [0.5, 0.6) is 0 Å². The first-order chi connectivity index (χ1) is 36.9. The molecule has 0 N–H and O–H groups in total. The second-order valence-corrected chi connectivity index (χ2v) is 25.2. The van der Waals surface area contributed by atoms with E-state index in [9.17, 15) is 0 Å². The number of aromatic nitrogens is 4. The maximum absolute atomic E-state index is 2.35. The van der Waals surface area contributed by atoms with E-state index >= 15 is 0 Å². The van der Waals surface area contributed by atoms with Crippen LogP contribution in [0.1, 0.15) is 170 Å². The molecule has 4 aromatic heterocycles. The monoisotopic (exact) mass is 1060 g/mol. The Morgan fingerprint density at radius 1 is 0.354 bits per heavy atom. The van der Waals surface area contributed by atoms with Crippen molar-refractivity contribution in [2.45, 2.75) is 175 Å². The summed E-state index contributed by atoms with van der Waals surface area (Å²) >= 11 is 0. The summed E-state index contributed by atoms with van der Waals surface area (Å²) in [6.07, 6.45) is 11.2. The van der Waals surface area contributed by atoms with Crippen molar-refractivity contribution in [2.24, 2.45) is 34.1 Å². The molecule has 0 amide bonds. The molecule has 8 aromatic rings. The van der Waals surface area contributed by atoms with Crippen LogP contribution in [0.4, 0.5) is 0 Å². The smallest absolute Gasteiger partial charge is 0.201 e. The summed E-state index contributed by atoms with van der Waals surface area (Å²) in [6, 6.07) is 36.6. The Hall–Kier alpha value is -6.52. The number of aryl methyl sites for hydroxylation is 16. The van der Waals surface area contributed by atoms with Crippen molar-refractivity contribution >= 4 is 0 Å². The molecule has 0 bridgehead atoms. The Bertz CT molecular complexity index is 3410. The molecule has 4 aromatic carbocycles. The largest absolute Gasteiger partial charge is 0.212 e. The van der Waals surface area contributed by atoms with Crippen LogP contribution in [0.25, 0.3) is 45.0 Å². The zero-order valence-electron chi connectivity index (χ0n) is 54.0. The van der Waals surface area contributed by atoms with Crippen molar-refractivity contribution in [3.05, 3.63) is 211 Å². The molecule has 4 heteroatoms. The maximum atomic E-state index is 2.35. The van der Waals surface area contributed by atoms with Crippen LogP contribution in [0.2, 0.25) is 0 Å². The predicted octanol–water partition coefficient (Wildman–Crippen LogP) is 17.5. The summed E-state index contributed by atoms with van der Waals surface area (Å²) in [5.41, 5.74) is 32.5. The van der Waals surface area contributed by atoms with E-state index in [4.69, 9.17) is 0 Å². The standard InChI is InChI=1S/3C19H26N.C18H24N/c1-13-11-18(20(7)12-15(13)3)17-9-8-16(10-14(17)2)19(4,5)6;1-13(2)9-17-7-8-18(15(4)10-17)19-11-14(3)16(5)12-20(19)6;1-7-13(2)17-8-9-18(15(4)10-17)19-11-14(3)16(5)12-20(19)6;1-12(2)16-7-8-17(14(4)9-16)18-10-13(3)15(5)11-19(18)6/h8-12H,1-7H3;7-8,10-13H,9H2,1-6H3;8-13H,7H2,1-6H3;7-12H,1-6H3/q4*+1. The summed E-state index contributed by atoms with van der Waals surface area (Å²) in [6.45, 7) is 46.6. The third-order valence-corrected chi connectivity index (χ3v) is 16.5. The second kappa shape index (κ2) is 27.1. The molecular weight excluding hydrogens is 957 g/mol. The lowest BCUT2D eigenvalue weighted by Crippen LogP contribution is -2.31. The van der Waals surface area contributed by atoms with Gasteiger partial charge in [0.2, 0.25) is 22.8 Å². The lowest BCUT2D eigenvalue weighted by atomic mass is 9.85. The van der Waals surface area contributed by atoms with Crippen LogP contribution in [0.15, 0.2) is 122 Å². The normalized spacial score (nSPS) is 11.6. The lowest BCUT2D eigenvalue weighted by Gasteiger charge is -2.20. The molecule has 0 aliphatic rings. The lowest BCUT2D eigenvalue weighted by molar-refractivity contribution is -0.660. The Balaban J connectivity index is 0.000000194. The van der Waals surface area contributed by atoms with Gasteiger partial charge in [0.1, 0.15) is 28.2 Å². The number of hydrogen-bond acceptors (Lipinski definition) is 0. The summed E-state index contributed by atoms with van der Waals surface area (Å²) in [5, 5.41) is 0. The average molecular weight is 1060 g/mol.